The second-order valence-corrected chi connectivity index (χ2v) is 7.49. The Morgan fingerprint density at radius 3 is 2.41 bits per heavy atom. The second kappa shape index (κ2) is 9.07. The zero-order valence-electron chi connectivity index (χ0n) is 16.7. The van der Waals surface area contributed by atoms with E-state index in [2.05, 4.69) is 5.32 Å². The van der Waals surface area contributed by atoms with E-state index in [0.29, 0.717) is 11.4 Å². The van der Waals surface area contributed by atoms with Crippen LogP contribution in [0.5, 0.6) is 5.75 Å². The summed E-state index contributed by atoms with van der Waals surface area (Å²) in [5, 5.41) is 2.64. The van der Waals surface area contributed by atoms with E-state index in [1.54, 1.807) is 12.1 Å². The number of carbonyl (C=O) groups is 4. The summed E-state index contributed by atoms with van der Waals surface area (Å²) in [5.74, 6) is -1.46. The minimum atomic E-state index is -0.633. The first-order chi connectivity index (χ1) is 13.9. The van der Waals surface area contributed by atoms with Crippen LogP contribution in [0.3, 0.4) is 0 Å². The molecule has 2 atom stereocenters. The number of methoxy groups -OCH3 is 1. The van der Waals surface area contributed by atoms with Gasteiger partial charge in [0.1, 0.15) is 5.75 Å². The number of aryl methyl sites for hydroxylation is 1. The maximum Gasteiger partial charge on any atom is 0.308 e. The monoisotopic (exact) mass is 402 g/mol. The van der Waals surface area contributed by atoms with Gasteiger partial charge in [0, 0.05) is 6.54 Å². The van der Waals surface area contributed by atoms with E-state index < -0.39 is 18.5 Å². The van der Waals surface area contributed by atoms with Gasteiger partial charge in [0.2, 0.25) is 11.8 Å². The Hall–Kier alpha value is -2.90. The summed E-state index contributed by atoms with van der Waals surface area (Å²) in [6, 6.07) is 5.34. The van der Waals surface area contributed by atoms with Crippen molar-refractivity contribution in [2.75, 3.05) is 25.6 Å². The highest BCUT2D eigenvalue weighted by Crippen LogP contribution is 2.38. The first-order valence-electron chi connectivity index (χ1n) is 9.86. The van der Waals surface area contributed by atoms with Gasteiger partial charge in [-0.3, -0.25) is 24.1 Å². The molecule has 1 N–H and O–H groups in total. The van der Waals surface area contributed by atoms with Gasteiger partial charge in [-0.25, -0.2) is 0 Å². The first-order valence-corrected chi connectivity index (χ1v) is 9.86. The van der Waals surface area contributed by atoms with E-state index in [4.69, 9.17) is 9.47 Å². The minimum Gasteiger partial charge on any atom is -0.495 e. The van der Waals surface area contributed by atoms with Crippen molar-refractivity contribution in [1.29, 1.82) is 0 Å². The highest BCUT2D eigenvalue weighted by molar-refractivity contribution is 6.05. The Labute approximate surface area is 169 Å². The molecular weight excluding hydrogens is 376 g/mol. The number of rotatable bonds is 7. The molecule has 0 spiro atoms. The molecule has 2 aliphatic rings. The molecule has 1 aliphatic carbocycles. The first kappa shape index (κ1) is 20.8. The Morgan fingerprint density at radius 1 is 1.14 bits per heavy atom. The highest BCUT2D eigenvalue weighted by atomic mass is 16.5. The summed E-state index contributed by atoms with van der Waals surface area (Å²) in [7, 11) is 1.50. The van der Waals surface area contributed by atoms with Crippen LogP contribution in [0.1, 0.15) is 37.7 Å². The van der Waals surface area contributed by atoms with Crippen molar-refractivity contribution in [2.45, 2.75) is 39.0 Å². The quantitative estimate of drug-likeness (QED) is 0.553. The molecule has 0 aromatic heterocycles. The molecule has 8 nitrogen and oxygen atoms in total. The summed E-state index contributed by atoms with van der Waals surface area (Å²) in [4.78, 5) is 50.0. The molecule has 2 fully saturated rings. The summed E-state index contributed by atoms with van der Waals surface area (Å²) in [6.07, 6.45) is 3.25. The molecule has 156 valence electrons. The number of hydrogen-bond acceptors (Lipinski definition) is 6. The number of carbonyl (C=O) groups excluding carboxylic acids is 4. The zero-order chi connectivity index (χ0) is 21.0. The Bertz CT molecular complexity index is 797. The van der Waals surface area contributed by atoms with Crippen molar-refractivity contribution in [3.8, 4) is 5.75 Å². The molecule has 8 heteroatoms. The number of likely N-dealkylation sites (tertiary alicyclic amines) is 1. The maximum atomic E-state index is 12.4. The lowest BCUT2D eigenvalue weighted by molar-refractivity contribution is -0.148. The van der Waals surface area contributed by atoms with E-state index in [-0.39, 0.29) is 36.6 Å². The van der Waals surface area contributed by atoms with Crippen molar-refractivity contribution < 1.29 is 28.7 Å². The third-order valence-corrected chi connectivity index (χ3v) is 5.47. The Kier molecular flexibility index (Phi) is 6.51. The van der Waals surface area contributed by atoms with E-state index in [1.807, 2.05) is 13.0 Å². The smallest absolute Gasteiger partial charge is 0.308 e. The molecule has 3 amide bonds. The summed E-state index contributed by atoms with van der Waals surface area (Å²) in [6.45, 7) is 1.42. The molecule has 0 bridgehead atoms. The molecule has 1 saturated carbocycles. The van der Waals surface area contributed by atoms with Crippen molar-refractivity contribution in [1.82, 2.24) is 4.90 Å². The molecule has 1 aliphatic heterocycles. The number of nitrogens with zero attached hydrogens (tertiary/aromatic N) is 1. The van der Waals surface area contributed by atoms with Gasteiger partial charge in [-0.1, -0.05) is 18.9 Å². The van der Waals surface area contributed by atoms with E-state index >= 15 is 0 Å². The molecule has 1 aromatic carbocycles. The molecular formula is C21H26N2O6. The molecule has 0 unspecified atom stereocenters. The predicted molar refractivity (Wildman–Crippen MR) is 104 cm³/mol. The largest absolute Gasteiger partial charge is 0.495 e. The number of ether oxygens (including phenoxy) is 2. The van der Waals surface area contributed by atoms with E-state index in [0.717, 1.165) is 31.2 Å². The van der Waals surface area contributed by atoms with Gasteiger partial charge in [0.05, 0.1) is 31.1 Å². The SMILES string of the molecule is COc1ccc(C)cc1NC(=O)COC(=O)CCN1C(=O)[C@H]2CCCC[C@@H]2C1=O. The van der Waals surface area contributed by atoms with Gasteiger partial charge in [-0.2, -0.15) is 0 Å². The minimum absolute atomic E-state index is 0.00315. The van der Waals surface area contributed by atoms with E-state index in [1.165, 1.54) is 12.0 Å². The number of hydrogen-bond donors (Lipinski definition) is 1. The summed E-state index contributed by atoms with van der Waals surface area (Å²) >= 11 is 0. The number of amides is 3. The normalized spacial score (nSPS) is 21.0. The van der Waals surface area contributed by atoms with Crippen LogP contribution in [0.25, 0.3) is 0 Å². The van der Waals surface area contributed by atoms with Gasteiger partial charge >= 0.3 is 5.97 Å². The van der Waals surface area contributed by atoms with Crippen LogP contribution < -0.4 is 10.1 Å². The fourth-order valence-electron chi connectivity index (χ4n) is 3.98. The fourth-order valence-corrected chi connectivity index (χ4v) is 3.98. The number of anilines is 1. The van der Waals surface area contributed by atoms with Gasteiger partial charge in [-0.05, 0) is 37.5 Å². The number of nitrogens with one attached hydrogen (secondary N) is 1. The van der Waals surface area contributed by atoms with Crippen molar-refractivity contribution >= 4 is 29.4 Å². The van der Waals surface area contributed by atoms with Crippen LogP contribution in [0.15, 0.2) is 18.2 Å². The number of benzene rings is 1. The van der Waals surface area contributed by atoms with Crippen molar-refractivity contribution in [3.63, 3.8) is 0 Å². The Balaban J connectivity index is 1.45. The standard InChI is InChI=1S/C21H26N2O6/c1-13-7-8-17(28-2)16(11-13)22-18(24)12-29-19(25)9-10-23-20(26)14-5-3-4-6-15(14)21(23)27/h7-8,11,14-15H,3-6,9-10,12H2,1-2H3,(H,22,24)/t14-,15-/m0/s1. The van der Waals surface area contributed by atoms with Crippen molar-refractivity contribution in [2.24, 2.45) is 11.8 Å². The maximum absolute atomic E-state index is 12.4. The summed E-state index contributed by atoms with van der Waals surface area (Å²) in [5.41, 5.74) is 1.43. The topological polar surface area (TPSA) is 102 Å². The van der Waals surface area contributed by atoms with Crippen LogP contribution in [0.2, 0.25) is 0 Å². The summed E-state index contributed by atoms with van der Waals surface area (Å²) < 4.78 is 10.2. The Morgan fingerprint density at radius 2 is 1.79 bits per heavy atom. The van der Waals surface area contributed by atoms with Gasteiger partial charge in [-0.15, -0.1) is 0 Å². The molecule has 0 radical (unpaired) electrons. The lowest BCUT2D eigenvalue weighted by Gasteiger charge is -2.19. The molecule has 1 aromatic rings. The number of imide groups is 1. The lowest BCUT2D eigenvalue weighted by atomic mass is 9.81. The molecule has 1 heterocycles. The molecule has 29 heavy (non-hydrogen) atoms. The average Bonchev–Trinajstić information content (AvgIpc) is 2.95. The fraction of sp³-hybridized carbons (Fsp3) is 0.524. The van der Waals surface area contributed by atoms with Crippen LogP contribution in [-0.4, -0.2) is 48.9 Å². The third-order valence-electron chi connectivity index (χ3n) is 5.47. The number of esters is 1. The second-order valence-electron chi connectivity index (χ2n) is 7.49. The van der Waals surface area contributed by atoms with Crippen LogP contribution in [0, 0.1) is 18.8 Å². The van der Waals surface area contributed by atoms with Crippen LogP contribution in [-0.2, 0) is 23.9 Å². The molecule has 3 rings (SSSR count). The zero-order valence-corrected chi connectivity index (χ0v) is 16.7. The number of fused-ring (bicyclic) bond motifs is 1. The third kappa shape index (κ3) is 4.75. The average molecular weight is 402 g/mol. The van der Waals surface area contributed by atoms with Gasteiger partial charge in [0.15, 0.2) is 6.61 Å². The lowest BCUT2D eigenvalue weighted by Crippen LogP contribution is -2.33. The van der Waals surface area contributed by atoms with Crippen LogP contribution in [0.4, 0.5) is 5.69 Å². The van der Waals surface area contributed by atoms with Crippen molar-refractivity contribution in [3.05, 3.63) is 23.8 Å². The van der Waals surface area contributed by atoms with Gasteiger partial charge < -0.3 is 14.8 Å². The van der Waals surface area contributed by atoms with Crippen LogP contribution >= 0.6 is 0 Å². The highest BCUT2D eigenvalue weighted by Gasteiger charge is 2.47. The molecule has 1 saturated heterocycles. The van der Waals surface area contributed by atoms with E-state index in [9.17, 15) is 19.2 Å². The predicted octanol–water partition coefficient (Wildman–Crippen LogP) is 2.05. The van der Waals surface area contributed by atoms with Gasteiger partial charge in [0.25, 0.3) is 5.91 Å².